The molecule has 3 nitrogen and oxygen atoms in total. The molecule has 0 spiro atoms. The average molecular weight is 249 g/mol. The van der Waals surface area contributed by atoms with Crippen LogP contribution in [0.2, 0.25) is 0 Å². The van der Waals surface area contributed by atoms with Crippen LogP contribution in [0, 0.1) is 6.92 Å². The van der Waals surface area contributed by atoms with Crippen molar-refractivity contribution in [3.05, 3.63) is 28.8 Å². The first kappa shape index (κ1) is 14.7. The molecule has 0 aliphatic heterocycles. The summed E-state index contributed by atoms with van der Waals surface area (Å²) >= 11 is 0. The van der Waals surface area contributed by atoms with Gasteiger partial charge in [-0.15, -0.1) is 0 Å². The minimum atomic E-state index is -0.0587. The van der Waals surface area contributed by atoms with Crippen LogP contribution in [0.1, 0.15) is 48.7 Å². The predicted molar refractivity (Wildman–Crippen MR) is 74.4 cm³/mol. The highest BCUT2D eigenvalue weighted by Gasteiger charge is 2.24. The molecule has 0 radical (unpaired) electrons. The van der Waals surface area contributed by atoms with E-state index in [0.29, 0.717) is 24.3 Å². The lowest BCUT2D eigenvalue weighted by Crippen LogP contribution is -2.17. The van der Waals surface area contributed by atoms with E-state index in [0.717, 1.165) is 11.1 Å². The van der Waals surface area contributed by atoms with Gasteiger partial charge in [-0.25, -0.2) is 0 Å². The van der Waals surface area contributed by atoms with Gasteiger partial charge in [-0.2, -0.15) is 0 Å². The summed E-state index contributed by atoms with van der Waals surface area (Å²) in [6, 6.07) is 4.01. The second-order valence-electron chi connectivity index (χ2n) is 5.55. The zero-order valence-electron chi connectivity index (χ0n) is 12.0. The van der Waals surface area contributed by atoms with Gasteiger partial charge in [-0.05, 0) is 24.4 Å². The SMILES string of the molecule is COc1c(C(C)(C)C)ccc(C)c1C(=O)CCN. The number of Topliss-reactive ketones (excluding diaryl/α,β-unsaturated/α-hetero) is 1. The summed E-state index contributed by atoms with van der Waals surface area (Å²) < 4.78 is 5.49. The zero-order chi connectivity index (χ0) is 13.9. The van der Waals surface area contributed by atoms with Crippen LogP contribution in [0.3, 0.4) is 0 Å². The molecule has 0 aromatic heterocycles. The summed E-state index contributed by atoms with van der Waals surface area (Å²) in [5, 5.41) is 0. The molecule has 0 bridgehead atoms. The third kappa shape index (κ3) is 2.91. The van der Waals surface area contributed by atoms with Crippen molar-refractivity contribution >= 4 is 5.78 Å². The number of rotatable bonds is 4. The van der Waals surface area contributed by atoms with Crippen LogP contribution in [0.4, 0.5) is 0 Å². The van der Waals surface area contributed by atoms with E-state index in [4.69, 9.17) is 10.5 Å². The van der Waals surface area contributed by atoms with Crippen molar-refractivity contribution < 1.29 is 9.53 Å². The summed E-state index contributed by atoms with van der Waals surface area (Å²) in [5.74, 6) is 0.749. The van der Waals surface area contributed by atoms with Crippen molar-refractivity contribution in [2.75, 3.05) is 13.7 Å². The van der Waals surface area contributed by atoms with Gasteiger partial charge in [0.15, 0.2) is 5.78 Å². The number of methoxy groups -OCH3 is 1. The van der Waals surface area contributed by atoms with Crippen LogP contribution < -0.4 is 10.5 Å². The van der Waals surface area contributed by atoms with Gasteiger partial charge < -0.3 is 10.5 Å². The van der Waals surface area contributed by atoms with Crippen LogP contribution in [0.25, 0.3) is 0 Å². The van der Waals surface area contributed by atoms with Gasteiger partial charge >= 0.3 is 0 Å². The monoisotopic (exact) mass is 249 g/mol. The maximum Gasteiger partial charge on any atom is 0.168 e. The Morgan fingerprint density at radius 2 is 1.94 bits per heavy atom. The maximum atomic E-state index is 12.2. The summed E-state index contributed by atoms with van der Waals surface area (Å²) in [7, 11) is 1.61. The van der Waals surface area contributed by atoms with Crippen molar-refractivity contribution in [2.24, 2.45) is 5.73 Å². The number of hydrogen-bond acceptors (Lipinski definition) is 3. The Kier molecular flexibility index (Phi) is 4.52. The second-order valence-corrected chi connectivity index (χ2v) is 5.55. The van der Waals surface area contributed by atoms with Gasteiger partial charge in [0.1, 0.15) is 5.75 Å². The number of nitrogens with two attached hydrogens (primary N) is 1. The van der Waals surface area contributed by atoms with Crippen LogP contribution >= 0.6 is 0 Å². The van der Waals surface area contributed by atoms with E-state index in [1.165, 1.54) is 0 Å². The number of carbonyl (C=O) groups is 1. The number of aryl methyl sites for hydroxylation is 1. The molecule has 0 saturated heterocycles. The Bertz CT molecular complexity index is 445. The van der Waals surface area contributed by atoms with E-state index >= 15 is 0 Å². The largest absolute Gasteiger partial charge is 0.496 e. The Morgan fingerprint density at radius 3 is 2.39 bits per heavy atom. The number of ketones is 1. The lowest BCUT2D eigenvalue weighted by atomic mass is 9.83. The van der Waals surface area contributed by atoms with Gasteiger partial charge in [0.2, 0.25) is 0 Å². The lowest BCUT2D eigenvalue weighted by molar-refractivity contribution is 0.0981. The number of carbonyl (C=O) groups excluding carboxylic acids is 1. The fraction of sp³-hybridized carbons (Fsp3) is 0.533. The highest BCUT2D eigenvalue weighted by Crippen LogP contribution is 2.36. The van der Waals surface area contributed by atoms with E-state index in [1.807, 2.05) is 19.1 Å². The fourth-order valence-corrected chi connectivity index (χ4v) is 2.09. The maximum absolute atomic E-state index is 12.2. The molecule has 1 rings (SSSR count). The van der Waals surface area contributed by atoms with E-state index in [2.05, 4.69) is 20.8 Å². The minimum Gasteiger partial charge on any atom is -0.496 e. The van der Waals surface area contributed by atoms with Gasteiger partial charge in [0.05, 0.1) is 12.7 Å². The molecular weight excluding hydrogens is 226 g/mol. The number of benzene rings is 1. The first-order valence-electron chi connectivity index (χ1n) is 6.24. The van der Waals surface area contributed by atoms with Crippen molar-refractivity contribution in [1.29, 1.82) is 0 Å². The van der Waals surface area contributed by atoms with Gasteiger partial charge in [0, 0.05) is 12.0 Å². The Hall–Kier alpha value is -1.35. The van der Waals surface area contributed by atoms with Gasteiger partial charge in [-0.3, -0.25) is 4.79 Å². The first-order valence-corrected chi connectivity index (χ1v) is 6.24. The molecule has 1 aromatic rings. The molecular formula is C15H23NO2. The third-order valence-corrected chi connectivity index (χ3v) is 3.03. The van der Waals surface area contributed by atoms with Crippen molar-refractivity contribution in [3.63, 3.8) is 0 Å². The molecule has 100 valence electrons. The highest BCUT2D eigenvalue weighted by molar-refractivity contribution is 6.00. The van der Waals surface area contributed by atoms with E-state index in [9.17, 15) is 4.79 Å². The first-order chi connectivity index (χ1) is 8.32. The van der Waals surface area contributed by atoms with E-state index < -0.39 is 0 Å². The van der Waals surface area contributed by atoms with Crippen LogP contribution in [-0.2, 0) is 5.41 Å². The normalized spacial score (nSPS) is 11.4. The molecule has 18 heavy (non-hydrogen) atoms. The summed E-state index contributed by atoms with van der Waals surface area (Å²) in [5.41, 5.74) is 8.08. The number of ether oxygens (including phenoxy) is 1. The molecule has 2 N–H and O–H groups in total. The lowest BCUT2D eigenvalue weighted by Gasteiger charge is -2.24. The molecule has 0 amide bonds. The molecule has 0 saturated carbocycles. The fourth-order valence-electron chi connectivity index (χ4n) is 2.09. The van der Waals surface area contributed by atoms with Crippen LogP contribution in [0.15, 0.2) is 12.1 Å². The summed E-state index contributed by atoms with van der Waals surface area (Å²) in [4.78, 5) is 12.2. The molecule has 0 unspecified atom stereocenters. The predicted octanol–water partition coefficient (Wildman–Crippen LogP) is 2.83. The van der Waals surface area contributed by atoms with Gasteiger partial charge in [-0.1, -0.05) is 32.9 Å². The standard InChI is InChI=1S/C15H23NO2/c1-10-6-7-11(15(2,3)4)14(18-5)13(10)12(17)8-9-16/h6-7H,8-9,16H2,1-5H3. The van der Waals surface area contributed by atoms with E-state index in [-0.39, 0.29) is 11.2 Å². The van der Waals surface area contributed by atoms with Crippen LogP contribution in [-0.4, -0.2) is 19.4 Å². The quantitative estimate of drug-likeness (QED) is 0.835. The molecule has 0 aliphatic carbocycles. The number of hydrogen-bond donors (Lipinski definition) is 1. The Morgan fingerprint density at radius 1 is 1.33 bits per heavy atom. The Labute approximate surface area is 109 Å². The smallest absolute Gasteiger partial charge is 0.168 e. The topological polar surface area (TPSA) is 52.3 Å². The molecule has 3 heteroatoms. The second kappa shape index (κ2) is 5.53. The van der Waals surface area contributed by atoms with Crippen molar-refractivity contribution in [2.45, 2.75) is 39.5 Å². The minimum absolute atomic E-state index is 0.0537. The van der Waals surface area contributed by atoms with Crippen molar-refractivity contribution in [1.82, 2.24) is 0 Å². The average Bonchev–Trinajstić information content (AvgIpc) is 2.26. The summed E-state index contributed by atoms with van der Waals surface area (Å²) in [6.07, 6.45) is 0.352. The van der Waals surface area contributed by atoms with Gasteiger partial charge in [0.25, 0.3) is 0 Å². The van der Waals surface area contributed by atoms with Crippen molar-refractivity contribution in [3.8, 4) is 5.75 Å². The zero-order valence-corrected chi connectivity index (χ0v) is 12.0. The molecule has 0 atom stereocenters. The summed E-state index contributed by atoms with van der Waals surface area (Å²) in [6.45, 7) is 8.62. The van der Waals surface area contributed by atoms with E-state index in [1.54, 1.807) is 7.11 Å². The third-order valence-electron chi connectivity index (χ3n) is 3.03. The molecule has 0 heterocycles. The molecule has 0 fully saturated rings. The highest BCUT2D eigenvalue weighted by atomic mass is 16.5. The van der Waals surface area contributed by atoms with Crippen LogP contribution in [0.5, 0.6) is 5.75 Å². The molecule has 1 aromatic carbocycles. The molecule has 0 aliphatic rings. The Balaban J connectivity index is 3.44.